The van der Waals surface area contributed by atoms with Crippen molar-refractivity contribution < 1.29 is 24.2 Å². The molecule has 3 aromatic rings. The number of benzene rings is 1. The molecule has 0 spiro atoms. The molecule has 0 bridgehead atoms. The first-order valence-corrected chi connectivity index (χ1v) is 13.0. The van der Waals surface area contributed by atoms with Gasteiger partial charge in [-0.3, -0.25) is 4.79 Å². The van der Waals surface area contributed by atoms with E-state index in [9.17, 15) is 14.7 Å². The summed E-state index contributed by atoms with van der Waals surface area (Å²) < 4.78 is 11.4. The van der Waals surface area contributed by atoms with E-state index in [0.717, 1.165) is 33.3 Å². The quantitative estimate of drug-likeness (QED) is 0.562. The summed E-state index contributed by atoms with van der Waals surface area (Å²) in [6.45, 7) is 7.04. The molecule has 1 aliphatic carbocycles. The Morgan fingerprint density at radius 1 is 1.11 bits per heavy atom. The predicted molar refractivity (Wildman–Crippen MR) is 137 cm³/mol. The number of H-pyrrole nitrogens is 1. The number of carbonyl (C=O) groups is 2. The van der Waals surface area contributed by atoms with Crippen molar-refractivity contribution in [2.45, 2.75) is 51.2 Å². The molecular weight excluding hydrogens is 472 g/mol. The van der Waals surface area contributed by atoms with Crippen LogP contribution in [0, 0.1) is 0 Å². The summed E-state index contributed by atoms with van der Waals surface area (Å²) >= 11 is 0. The van der Waals surface area contributed by atoms with Gasteiger partial charge in [0.25, 0.3) is 5.91 Å². The average molecular weight is 505 g/mol. The fourth-order valence-corrected chi connectivity index (χ4v) is 5.25. The topological polar surface area (TPSA) is 108 Å². The first kappa shape index (κ1) is 23.9. The highest BCUT2D eigenvalue weighted by molar-refractivity contribution is 5.88. The molecule has 3 aliphatic rings. The molecule has 1 aromatic carbocycles. The number of carbonyl (C=O) groups excluding carboxylic acids is 2. The van der Waals surface area contributed by atoms with Gasteiger partial charge >= 0.3 is 6.09 Å². The minimum Gasteiger partial charge on any atom is -0.410 e. The number of hydrogen-bond donors (Lipinski definition) is 2. The average Bonchev–Trinajstić information content (AvgIpc) is 3.52. The molecule has 194 valence electrons. The smallest absolute Gasteiger partial charge is 0.410 e. The van der Waals surface area contributed by atoms with E-state index >= 15 is 0 Å². The monoisotopic (exact) mass is 504 g/mol. The van der Waals surface area contributed by atoms with Crippen LogP contribution in [0.5, 0.6) is 5.75 Å². The minimum atomic E-state index is -1.23. The Kier molecular flexibility index (Phi) is 5.92. The fourth-order valence-electron chi connectivity index (χ4n) is 5.25. The van der Waals surface area contributed by atoms with E-state index in [4.69, 9.17) is 9.47 Å². The molecule has 9 heteroatoms. The van der Waals surface area contributed by atoms with Gasteiger partial charge < -0.3 is 29.4 Å². The zero-order chi connectivity index (χ0) is 25.7. The summed E-state index contributed by atoms with van der Waals surface area (Å²) in [5.41, 5.74) is 4.51. The van der Waals surface area contributed by atoms with Crippen LogP contribution in [0.3, 0.4) is 0 Å². The van der Waals surface area contributed by atoms with Gasteiger partial charge in [0.1, 0.15) is 17.0 Å². The molecule has 2 aromatic heterocycles. The van der Waals surface area contributed by atoms with Gasteiger partial charge in [-0.2, -0.15) is 0 Å². The van der Waals surface area contributed by atoms with Crippen molar-refractivity contribution in [2.75, 3.05) is 32.8 Å². The van der Waals surface area contributed by atoms with Crippen LogP contribution in [0.2, 0.25) is 0 Å². The predicted octanol–water partition coefficient (Wildman–Crippen LogP) is 3.59. The zero-order valence-corrected chi connectivity index (χ0v) is 21.2. The van der Waals surface area contributed by atoms with Crippen molar-refractivity contribution in [1.82, 2.24) is 19.8 Å². The molecular formula is C28H32N4O5. The largest absolute Gasteiger partial charge is 0.415 e. The highest BCUT2D eigenvalue weighted by atomic mass is 16.6. The Morgan fingerprint density at radius 2 is 1.89 bits per heavy atom. The second-order valence-corrected chi connectivity index (χ2v) is 10.6. The van der Waals surface area contributed by atoms with Gasteiger partial charge in [0.15, 0.2) is 0 Å². The van der Waals surface area contributed by atoms with E-state index in [2.05, 4.69) is 35.9 Å². The molecule has 0 radical (unpaired) electrons. The summed E-state index contributed by atoms with van der Waals surface area (Å²) in [4.78, 5) is 37.2. The number of aliphatic hydroxyl groups is 1. The first-order chi connectivity index (χ1) is 17.8. The number of fused-ring (bicyclic) bond motifs is 2. The second kappa shape index (κ2) is 9.15. The van der Waals surface area contributed by atoms with Gasteiger partial charge in [0.05, 0.1) is 13.2 Å². The maximum atomic E-state index is 13.1. The third-order valence-corrected chi connectivity index (χ3v) is 7.70. The lowest BCUT2D eigenvalue weighted by atomic mass is 9.93. The number of aromatic nitrogens is 2. The Morgan fingerprint density at radius 3 is 2.62 bits per heavy atom. The SMILES string of the molecule is CC(C)c1c[nH]c2ncc(-c3cc4c(c(OC(=O)N5CCOCC5)c3)CN(C(=O)C3(O)CC3)CC4)cc12. The van der Waals surface area contributed by atoms with Crippen LogP contribution in [0.1, 0.15) is 49.3 Å². The molecule has 1 saturated heterocycles. The van der Waals surface area contributed by atoms with Crippen molar-refractivity contribution in [3.8, 4) is 16.9 Å². The Hall–Kier alpha value is -3.43. The lowest BCUT2D eigenvalue weighted by Crippen LogP contribution is -2.44. The standard InChI is InChI=1S/C28H32N4O5/c1-17(2)22-15-30-25-21(22)12-20(14-29-25)19-11-18-3-6-32(26(33)28(35)4-5-28)16-23(18)24(13-19)37-27(34)31-7-9-36-10-8-31/h11-15,17,35H,3-10,16H2,1-2H3,(H,29,30). The van der Waals surface area contributed by atoms with Crippen molar-refractivity contribution in [1.29, 1.82) is 0 Å². The molecule has 0 atom stereocenters. The van der Waals surface area contributed by atoms with E-state index in [1.54, 1.807) is 9.80 Å². The number of ether oxygens (including phenoxy) is 2. The van der Waals surface area contributed by atoms with Crippen LogP contribution in [0.15, 0.2) is 30.6 Å². The summed E-state index contributed by atoms with van der Waals surface area (Å²) in [6.07, 6.45) is 5.03. The number of morpholine rings is 1. The molecule has 2 N–H and O–H groups in total. The van der Waals surface area contributed by atoms with Gasteiger partial charge in [-0.05, 0) is 54.0 Å². The van der Waals surface area contributed by atoms with Gasteiger partial charge in [-0.15, -0.1) is 0 Å². The number of nitrogens with one attached hydrogen (secondary N) is 1. The molecule has 6 rings (SSSR count). The van der Waals surface area contributed by atoms with Gasteiger partial charge in [-0.1, -0.05) is 19.9 Å². The van der Waals surface area contributed by atoms with Crippen molar-refractivity contribution in [2.24, 2.45) is 0 Å². The number of nitrogens with zero attached hydrogens (tertiary/aromatic N) is 3. The van der Waals surface area contributed by atoms with E-state index in [1.165, 1.54) is 5.56 Å². The van der Waals surface area contributed by atoms with Crippen LogP contribution in [0.4, 0.5) is 4.79 Å². The molecule has 0 unspecified atom stereocenters. The normalized spacial score (nSPS) is 18.7. The molecule has 2 aliphatic heterocycles. The van der Waals surface area contributed by atoms with Crippen molar-refractivity contribution in [3.63, 3.8) is 0 Å². The van der Waals surface area contributed by atoms with E-state index in [0.29, 0.717) is 70.3 Å². The molecule has 37 heavy (non-hydrogen) atoms. The molecule has 2 amide bonds. The number of hydrogen-bond acceptors (Lipinski definition) is 6. The number of pyridine rings is 1. The maximum Gasteiger partial charge on any atom is 0.415 e. The Labute approximate surface area is 215 Å². The Bertz CT molecular complexity index is 1370. The van der Waals surface area contributed by atoms with Crippen LogP contribution >= 0.6 is 0 Å². The molecule has 9 nitrogen and oxygen atoms in total. The zero-order valence-electron chi connectivity index (χ0n) is 21.2. The number of aromatic amines is 1. The highest BCUT2D eigenvalue weighted by Crippen LogP contribution is 2.40. The van der Waals surface area contributed by atoms with Gasteiger partial charge in [0, 0.05) is 55.1 Å². The molecule has 1 saturated carbocycles. The number of amides is 2. The summed E-state index contributed by atoms with van der Waals surface area (Å²) in [7, 11) is 0. The number of rotatable bonds is 4. The minimum absolute atomic E-state index is 0.240. The first-order valence-electron chi connectivity index (χ1n) is 13.0. The van der Waals surface area contributed by atoms with Crippen molar-refractivity contribution >= 4 is 23.0 Å². The lowest BCUT2D eigenvalue weighted by Gasteiger charge is -2.32. The van der Waals surface area contributed by atoms with Gasteiger partial charge in [-0.25, -0.2) is 9.78 Å². The highest BCUT2D eigenvalue weighted by Gasteiger charge is 2.50. The van der Waals surface area contributed by atoms with Gasteiger partial charge in [0.2, 0.25) is 0 Å². The van der Waals surface area contributed by atoms with E-state index in [1.807, 2.05) is 18.5 Å². The van der Waals surface area contributed by atoms with E-state index < -0.39 is 11.7 Å². The third kappa shape index (κ3) is 4.46. The maximum absolute atomic E-state index is 13.1. The van der Waals surface area contributed by atoms with Crippen LogP contribution in [-0.4, -0.2) is 75.3 Å². The third-order valence-electron chi connectivity index (χ3n) is 7.70. The van der Waals surface area contributed by atoms with Crippen LogP contribution in [-0.2, 0) is 22.5 Å². The van der Waals surface area contributed by atoms with Crippen LogP contribution in [0.25, 0.3) is 22.2 Å². The van der Waals surface area contributed by atoms with Crippen LogP contribution < -0.4 is 4.74 Å². The summed E-state index contributed by atoms with van der Waals surface area (Å²) in [6, 6.07) is 6.12. The van der Waals surface area contributed by atoms with Crippen molar-refractivity contribution in [3.05, 3.63) is 47.3 Å². The molecule has 2 fully saturated rings. The lowest BCUT2D eigenvalue weighted by molar-refractivity contribution is -0.143. The second-order valence-electron chi connectivity index (χ2n) is 10.6. The molecule has 4 heterocycles. The van der Waals surface area contributed by atoms with E-state index in [-0.39, 0.29) is 5.91 Å². The Balaban J connectivity index is 1.38. The summed E-state index contributed by atoms with van der Waals surface area (Å²) in [5, 5.41) is 11.5. The fraction of sp³-hybridized carbons (Fsp3) is 0.464. The summed E-state index contributed by atoms with van der Waals surface area (Å²) in [5.74, 6) is 0.558.